The molecule has 1 atom stereocenters. The van der Waals surface area contributed by atoms with Crippen LogP contribution in [0.5, 0.6) is 0 Å². The van der Waals surface area contributed by atoms with Gasteiger partial charge in [-0.15, -0.1) is 0 Å². The number of morpholine rings is 1. The molecule has 1 amide bonds. The molecule has 5 nitrogen and oxygen atoms in total. The number of rotatable bonds is 6. The Hall–Kier alpha value is -0.650. The topological polar surface area (TPSA) is 53.0 Å². The number of hydrogen-bond donors (Lipinski definition) is 1. The largest absolute Gasteiger partial charge is 0.393 e. The molecule has 1 aliphatic heterocycles. The average Bonchev–Trinajstić information content (AvgIpc) is 2.34. The fourth-order valence-electron chi connectivity index (χ4n) is 1.78. The maximum Gasteiger partial charge on any atom is 0.224 e. The van der Waals surface area contributed by atoms with E-state index in [2.05, 4.69) is 4.90 Å². The molecule has 1 aliphatic rings. The molecule has 1 N–H and O–H groups in total. The summed E-state index contributed by atoms with van der Waals surface area (Å²) in [7, 11) is 1.98. The molecule has 5 heteroatoms. The van der Waals surface area contributed by atoms with E-state index in [1.54, 1.807) is 6.92 Å². The third kappa shape index (κ3) is 6.00. The molecule has 100 valence electrons. The number of carbonyl (C=O) groups excluding carboxylic acids is 1. The lowest BCUT2D eigenvalue weighted by Gasteiger charge is -2.27. The zero-order valence-electron chi connectivity index (χ0n) is 10.9. The molecule has 0 aromatic rings. The van der Waals surface area contributed by atoms with Crippen molar-refractivity contribution in [3.8, 4) is 0 Å². The Morgan fingerprint density at radius 1 is 1.41 bits per heavy atom. The monoisotopic (exact) mass is 244 g/mol. The first kappa shape index (κ1) is 14.4. The number of amides is 1. The van der Waals surface area contributed by atoms with Gasteiger partial charge < -0.3 is 19.6 Å². The van der Waals surface area contributed by atoms with Gasteiger partial charge in [0.25, 0.3) is 0 Å². The van der Waals surface area contributed by atoms with Crippen molar-refractivity contribution in [1.82, 2.24) is 9.80 Å². The van der Waals surface area contributed by atoms with Crippen molar-refractivity contribution < 1.29 is 14.6 Å². The minimum atomic E-state index is -0.271. The van der Waals surface area contributed by atoms with Gasteiger partial charge in [-0.3, -0.25) is 4.79 Å². The Bertz CT molecular complexity index is 228. The summed E-state index contributed by atoms with van der Waals surface area (Å²) >= 11 is 0. The summed E-state index contributed by atoms with van der Waals surface area (Å²) in [6.07, 6.45) is 1.03. The Labute approximate surface area is 103 Å². The fourth-order valence-corrected chi connectivity index (χ4v) is 1.78. The highest BCUT2D eigenvalue weighted by Gasteiger charge is 2.16. The predicted molar refractivity (Wildman–Crippen MR) is 65.8 cm³/mol. The number of ether oxygens (including phenoxy) is 1. The molecule has 17 heavy (non-hydrogen) atoms. The van der Waals surface area contributed by atoms with Crippen LogP contribution in [0.2, 0.25) is 0 Å². The molecule has 1 saturated heterocycles. The highest BCUT2D eigenvalue weighted by atomic mass is 16.5. The molecule has 1 unspecified atom stereocenters. The molecule has 1 rings (SSSR count). The van der Waals surface area contributed by atoms with Gasteiger partial charge in [-0.1, -0.05) is 0 Å². The molecule has 1 fully saturated rings. The highest BCUT2D eigenvalue weighted by Crippen LogP contribution is 2.01. The van der Waals surface area contributed by atoms with Gasteiger partial charge in [0.2, 0.25) is 5.91 Å². The standard InChI is InChI=1S/C12H24N2O3/c1-11(15)3-5-13(2)6-4-12(16)14-7-9-17-10-8-14/h11,15H,3-10H2,1-2H3. The fraction of sp³-hybridized carbons (Fsp3) is 0.917. The van der Waals surface area contributed by atoms with E-state index in [9.17, 15) is 4.79 Å². The summed E-state index contributed by atoms with van der Waals surface area (Å²) in [6.45, 7) is 6.11. The van der Waals surface area contributed by atoms with Gasteiger partial charge in [-0.2, -0.15) is 0 Å². The molecule has 0 aliphatic carbocycles. The third-order valence-corrected chi connectivity index (χ3v) is 3.00. The molecule has 0 saturated carbocycles. The van der Waals surface area contributed by atoms with Crippen molar-refractivity contribution in [1.29, 1.82) is 0 Å². The van der Waals surface area contributed by atoms with E-state index < -0.39 is 0 Å². The van der Waals surface area contributed by atoms with E-state index >= 15 is 0 Å². The van der Waals surface area contributed by atoms with Crippen LogP contribution in [0.25, 0.3) is 0 Å². The summed E-state index contributed by atoms with van der Waals surface area (Å²) in [4.78, 5) is 15.8. The summed E-state index contributed by atoms with van der Waals surface area (Å²) in [5, 5.41) is 9.17. The molecule has 0 radical (unpaired) electrons. The van der Waals surface area contributed by atoms with Crippen LogP contribution >= 0.6 is 0 Å². The maximum atomic E-state index is 11.8. The molecule has 0 spiro atoms. The van der Waals surface area contributed by atoms with Crippen molar-refractivity contribution >= 4 is 5.91 Å². The van der Waals surface area contributed by atoms with Gasteiger partial charge in [0, 0.05) is 32.6 Å². The van der Waals surface area contributed by atoms with Gasteiger partial charge in [-0.05, 0) is 20.4 Å². The van der Waals surface area contributed by atoms with Crippen LogP contribution in [0.4, 0.5) is 0 Å². The van der Waals surface area contributed by atoms with Crippen LogP contribution in [0.3, 0.4) is 0 Å². The second-order valence-corrected chi connectivity index (χ2v) is 4.68. The summed E-state index contributed by atoms with van der Waals surface area (Å²) in [5.41, 5.74) is 0. The molecule has 0 bridgehead atoms. The number of hydrogen-bond acceptors (Lipinski definition) is 4. The van der Waals surface area contributed by atoms with Crippen LogP contribution < -0.4 is 0 Å². The predicted octanol–water partition coefficient (Wildman–Crippen LogP) is -0.0620. The third-order valence-electron chi connectivity index (χ3n) is 3.00. The van der Waals surface area contributed by atoms with Gasteiger partial charge in [-0.25, -0.2) is 0 Å². The Morgan fingerprint density at radius 2 is 2.06 bits per heavy atom. The first-order chi connectivity index (χ1) is 8.09. The number of nitrogens with zero attached hydrogens (tertiary/aromatic N) is 2. The van der Waals surface area contributed by atoms with E-state index in [1.807, 2.05) is 11.9 Å². The van der Waals surface area contributed by atoms with Crippen LogP contribution in [0.1, 0.15) is 19.8 Å². The summed E-state index contributed by atoms with van der Waals surface area (Å²) < 4.78 is 5.21. The lowest BCUT2D eigenvalue weighted by atomic mass is 10.2. The minimum Gasteiger partial charge on any atom is -0.393 e. The smallest absolute Gasteiger partial charge is 0.224 e. The Morgan fingerprint density at radius 3 is 2.65 bits per heavy atom. The minimum absolute atomic E-state index is 0.206. The van der Waals surface area contributed by atoms with E-state index in [-0.39, 0.29) is 12.0 Å². The zero-order valence-corrected chi connectivity index (χ0v) is 10.9. The van der Waals surface area contributed by atoms with Crippen molar-refractivity contribution in [2.45, 2.75) is 25.9 Å². The molecule has 0 aromatic carbocycles. The highest BCUT2D eigenvalue weighted by molar-refractivity contribution is 5.76. The van der Waals surface area contributed by atoms with Gasteiger partial charge in [0.1, 0.15) is 0 Å². The summed E-state index contributed by atoms with van der Waals surface area (Å²) in [6, 6.07) is 0. The second kappa shape index (κ2) is 7.63. The quantitative estimate of drug-likeness (QED) is 0.711. The van der Waals surface area contributed by atoms with Gasteiger partial charge in [0.05, 0.1) is 19.3 Å². The lowest BCUT2D eigenvalue weighted by molar-refractivity contribution is -0.135. The van der Waals surface area contributed by atoms with E-state index in [1.165, 1.54) is 0 Å². The molecular weight excluding hydrogens is 220 g/mol. The maximum absolute atomic E-state index is 11.8. The summed E-state index contributed by atoms with van der Waals surface area (Å²) in [5.74, 6) is 0.206. The van der Waals surface area contributed by atoms with Crippen LogP contribution in [0, 0.1) is 0 Å². The van der Waals surface area contributed by atoms with Gasteiger partial charge >= 0.3 is 0 Å². The van der Waals surface area contributed by atoms with Gasteiger partial charge in [0.15, 0.2) is 0 Å². The first-order valence-corrected chi connectivity index (χ1v) is 6.31. The van der Waals surface area contributed by atoms with Crippen LogP contribution in [0.15, 0.2) is 0 Å². The second-order valence-electron chi connectivity index (χ2n) is 4.68. The van der Waals surface area contributed by atoms with Crippen molar-refractivity contribution in [3.63, 3.8) is 0 Å². The van der Waals surface area contributed by atoms with Crippen molar-refractivity contribution in [2.75, 3.05) is 46.4 Å². The van der Waals surface area contributed by atoms with Crippen molar-refractivity contribution in [2.24, 2.45) is 0 Å². The molecule has 1 heterocycles. The lowest BCUT2D eigenvalue weighted by Crippen LogP contribution is -2.41. The zero-order chi connectivity index (χ0) is 12.7. The number of aliphatic hydroxyl groups is 1. The molecule has 0 aromatic heterocycles. The van der Waals surface area contributed by atoms with E-state index in [0.717, 1.165) is 32.6 Å². The van der Waals surface area contributed by atoms with Crippen LogP contribution in [-0.4, -0.2) is 73.4 Å². The first-order valence-electron chi connectivity index (χ1n) is 6.31. The SMILES string of the molecule is CC(O)CCN(C)CCC(=O)N1CCOCC1. The van der Waals surface area contributed by atoms with Crippen LogP contribution in [-0.2, 0) is 9.53 Å². The normalized spacial score (nSPS) is 18.5. The Balaban J connectivity index is 2.13. The average molecular weight is 244 g/mol. The van der Waals surface area contributed by atoms with Crippen molar-refractivity contribution in [3.05, 3.63) is 0 Å². The number of carbonyl (C=O) groups is 1. The van der Waals surface area contributed by atoms with E-state index in [4.69, 9.17) is 9.84 Å². The number of aliphatic hydroxyl groups excluding tert-OH is 1. The molecular formula is C12H24N2O3. The Kier molecular flexibility index (Phi) is 6.47. The van der Waals surface area contributed by atoms with E-state index in [0.29, 0.717) is 19.6 Å².